The lowest BCUT2D eigenvalue weighted by molar-refractivity contribution is 0.0572. The van der Waals surface area contributed by atoms with Gasteiger partial charge in [-0.3, -0.25) is 0 Å². The molecule has 0 saturated heterocycles. The van der Waals surface area contributed by atoms with Crippen LogP contribution < -0.4 is 0 Å². The molecule has 0 heterocycles. The third kappa shape index (κ3) is 3.04. The zero-order chi connectivity index (χ0) is 10.7. The Balaban J connectivity index is 3.11. The van der Waals surface area contributed by atoms with Gasteiger partial charge in [0.2, 0.25) is 0 Å². The minimum atomic E-state index is -0.293. The quantitative estimate of drug-likeness (QED) is 0.250. The van der Waals surface area contributed by atoms with Crippen molar-refractivity contribution in [1.29, 1.82) is 0 Å². The number of hydrogen-bond acceptors (Lipinski definition) is 2. The summed E-state index contributed by atoms with van der Waals surface area (Å²) in [6.07, 6.45) is 0.220. The van der Waals surface area contributed by atoms with Crippen LogP contribution in [0, 0.1) is 10.7 Å². The van der Waals surface area contributed by atoms with E-state index in [1.807, 2.05) is 6.07 Å². The lowest BCUT2D eigenvalue weighted by Crippen LogP contribution is -2.09. The fraction of sp³-hybridized carbons (Fsp3) is 0.125. The largest absolute Gasteiger partial charge is 0.467 e. The van der Waals surface area contributed by atoms with Gasteiger partial charge in [-0.2, -0.15) is 0 Å². The van der Waals surface area contributed by atoms with Crippen LogP contribution in [0.1, 0.15) is 10.4 Å². The minimum absolute atomic E-state index is 0.220. The molecular weight excluding hydrogens is 537 g/mol. The van der Waals surface area contributed by atoms with Gasteiger partial charge in [0.15, 0.2) is 0 Å². The van der Waals surface area contributed by atoms with Crippen molar-refractivity contribution < 1.29 is 9.53 Å². The predicted octanol–water partition coefficient (Wildman–Crippen LogP) is 2.78. The highest BCUT2D eigenvalue weighted by atomic mass is 127. The molecule has 0 spiro atoms. The van der Waals surface area contributed by atoms with Crippen LogP contribution in [0.25, 0.3) is 0 Å². The average molecular weight is 541 g/mol. The second-order valence-electron chi connectivity index (χ2n) is 2.30. The van der Waals surface area contributed by atoms with Crippen LogP contribution in [-0.2, 0) is 4.74 Å². The van der Waals surface area contributed by atoms with Crippen molar-refractivity contribution >= 4 is 84.0 Å². The number of carbonyl (C=O) groups excluding carboxylic acids is 1. The molecule has 73 valence electrons. The fourth-order valence-electron chi connectivity index (χ4n) is 0.827. The smallest absolute Gasteiger partial charge is 0.338 e. The second-order valence-corrected chi connectivity index (χ2v) is 5.91. The molecule has 0 aromatic heterocycles. The van der Waals surface area contributed by atoms with Gasteiger partial charge in [0, 0.05) is 10.7 Å². The number of carbonyl (C=O) groups is 1. The minimum Gasteiger partial charge on any atom is -0.467 e. The van der Waals surface area contributed by atoms with E-state index < -0.39 is 0 Å². The standard InChI is InChI=1S/C8H4I3O2Si/c9-5-2-1-4(6(10)7(5)11)8(12)13-3-14/h1-2H,3H2. The Morgan fingerprint density at radius 2 is 1.93 bits per heavy atom. The van der Waals surface area contributed by atoms with Gasteiger partial charge < -0.3 is 4.74 Å². The Bertz CT molecular complexity index is 368. The van der Waals surface area contributed by atoms with E-state index in [2.05, 4.69) is 78.0 Å². The van der Waals surface area contributed by atoms with Crippen molar-refractivity contribution in [3.63, 3.8) is 0 Å². The summed E-state index contributed by atoms with van der Waals surface area (Å²) in [6, 6.07) is 3.70. The molecule has 0 aliphatic heterocycles. The van der Waals surface area contributed by atoms with Crippen LogP contribution >= 0.6 is 67.8 Å². The van der Waals surface area contributed by atoms with E-state index in [9.17, 15) is 4.79 Å². The normalized spacial score (nSPS) is 10.0. The number of halogens is 3. The Morgan fingerprint density at radius 3 is 2.50 bits per heavy atom. The van der Waals surface area contributed by atoms with E-state index in [0.29, 0.717) is 5.56 Å². The van der Waals surface area contributed by atoms with Gasteiger partial charge in [-0.1, -0.05) is 0 Å². The summed E-state index contributed by atoms with van der Waals surface area (Å²) in [6.45, 7) is 0. The summed E-state index contributed by atoms with van der Waals surface area (Å²) in [5.74, 6) is -0.293. The molecule has 2 nitrogen and oxygen atoms in total. The molecule has 1 aromatic carbocycles. The first kappa shape index (κ1) is 13.2. The molecule has 0 bridgehead atoms. The highest BCUT2D eigenvalue weighted by Crippen LogP contribution is 2.24. The summed E-state index contributed by atoms with van der Waals surface area (Å²) >= 11 is 6.62. The lowest BCUT2D eigenvalue weighted by atomic mass is 10.2. The maximum atomic E-state index is 11.5. The highest BCUT2D eigenvalue weighted by molar-refractivity contribution is 14.1. The van der Waals surface area contributed by atoms with E-state index in [4.69, 9.17) is 4.74 Å². The molecule has 6 heteroatoms. The van der Waals surface area contributed by atoms with E-state index in [-0.39, 0.29) is 12.2 Å². The number of rotatable bonds is 2. The molecule has 0 aliphatic rings. The van der Waals surface area contributed by atoms with Gasteiger partial charge >= 0.3 is 5.97 Å². The van der Waals surface area contributed by atoms with E-state index in [0.717, 1.165) is 10.7 Å². The lowest BCUT2D eigenvalue weighted by Gasteiger charge is -2.06. The monoisotopic (exact) mass is 541 g/mol. The maximum absolute atomic E-state index is 11.5. The van der Waals surface area contributed by atoms with Crippen molar-refractivity contribution in [2.24, 2.45) is 0 Å². The molecule has 0 atom stereocenters. The number of esters is 1. The first-order valence-corrected chi connectivity index (χ1v) is 7.47. The molecule has 0 saturated carbocycles. The molecule has 0 N–H and O–H groups in total. The zero-order valence-electron chi connectivity index (χ0n) is 6.81. The predicted molar refractivity (Wildman–Crippen MR) is 80.6 cm³/mol. The molecule has 0 amide bonds. The summed E-state index contributed by atoms with van der Waals surface area (Å²) < 4.78 is 8.04. The van der Waals surface area contributed by atoms with Crippen LogP contribution in [0.2, 0.25) is 0 Å². The van der Waals surface area contributed by atoms with Gasteiger partial charge in [0.1, 0.15) is 0 Å². The maximum Gasteiger partial charge on any atom is 0.338 e. The Labute approximate surface area is 126 Å². The zero-order valence-corrected chi connectivity index (χ0v) is 14.3. The van der Waals surface area contributed by atoms with Crippen LogP contribution in [0.4, 0.5) is 0 Å². The van der Waals surface area contributed by atoms with Gasteiger partial charge in [-0.15, -0.1) is 0 Å². The fourth-order valence-corrected chi connectivity index (χ4v) is 3.08. The number of hydrogen-bond donors (Lipinski definition) is 0. The van der Waals surface area contributed by atoms with Crippen molar-refractivity contribution in [1.82, 2.24) is 0 Å². The van der Waals surface area contributed by atoms with Gasteiger partial charge in [-0.25, -0.2) is 4.79 Å². The van der Waals surface area contributed by atoms with Crippen molar-refractivity contribution in [3.8, 4) is 0 Å². The number of benzene rings is 1. The average Bonchev–Trinajstić information content (AvgIpc) is 2.15. The SMILES string of the molecule is O=C(OC[Si])c1ccc(I)c(I)c1I. The third-order valence-corrected chi connectivity index (χ3v) is 6.81. The third-order valence-electron chi connectivity index (χ3n) is 1.46. The molecule has 1 rings (SSSR count). The first-order chi connectivity index (χ1) is 6.57. The van der Waals surface area contributed by atoms with Crippen molar-refractivity contribution in [3.05, 3.63) is 28.4 Å². The number of ether oxygens (including phenoxy) is 1. The topological polar surface area (TPSA) is 26.3 Å². The van der Waals surface area contributed by atoms with E-state index in [1.54, 1.807) is 6.07 Å². The summed E-state index contributed by atoms with van der Waals surface area (Å²) in [5.41, 5.74) is 0.619. The molecule has 3 radical (unpaired) electrons. The Hall–Kier alpha value is 1.10. The van der Waals surface area contributed by atoms with Crippen LogP contribution in [0.3, 0.4) is 0 Å². The summed E-state index contributed by atoms with van der Waals surface area (Å²) in [7, 11) is 3.10. The molecule has 14 heavy (non-hydrogen) atoms. The summed E-state index contributed by atoms with van der Waals surface area (Å²) in [5, 5.41) is 0. The van der Waals surface area contributed by atoms with Crippen molar-refractivity contribution in [2.75, 3.05) is 6.23 Å². The highest BCUT2D eigenvalue weighted by Gasteiger charge is 2.14. The van der Waals surface area contributed by atoms with Crippen LogP contribution in [0.15, 0.2) is 12.1 Å². The van der Waals surface area contributed by atoms with Gasteiger partial charge in [0.05, 0.1) is 22.0 Å². The molecule has 1 aromatic rings. The summed E-state index contributed by atoms with van der Waals surface area (Å²) in [4.78, 5) is 11.5. The first-order valence-electron chi connectivity index (χ1n) is 3.53. The van der Waals surface area contributed by atoms with Gasteiger partial charge in [-0.05, 0) is 79.9 Å². The molecule has 0 aliphatic carbocycles. The van der Waals surface area contributed by atoms with Crippen LogP contribution in [-0.4, -0.2) is 22.4 Å². The molecule has 0 unspecified atom stereocenters. The van der Waals surface area contributed by atoms with E-state index >= 15 is 0 Å². The Morgan fingerprint density at radius 1 is 1.29 bits per heavy atom. The molecule has 0 fully saturated rings. The van der Waals surface area contributed by atoms with Gasteiger partial charge in [0.25, 0.3) is 0 Å². The molecular formula is C8H4I3O2Si. The van der Waals surface area contributed by atoms with E-state index in [1.165, 1.54) is 0 Å². The Kier molecular flexibility index (Phi) is 5.63. The second kappa shape index (κ2) is 5.99. The van der Waals surface area contributed by atoms with Crippen molar-refractivity contribution in [2.45, 2.75) is 0 Å². The van der Waals surface area contributed by atoms with Crippen LogP contribution in [0.5, 0.6) is 0 Å².